The smallest absolute Gasteiger partial charge is 0.341 e. The van der Waals surface area contributed by atoms with Gasteiger partial charge in [-0.1, -0.05) is 30.4 Å². The van der Waals surface area contributed by atoms with Gasteiger partial charge in [-0.25, -0.2) is 4.79 Å². The van der Waals surface area contributed by atoms with E-state index < -0.39 is 29.7 Å². The molecule has 2 atom stereocenters. The molecular weight excluding hydrogens is 390 g/mol. The molecule has 0 bridgehead atoms. The fourth-order valence-electron chi connectivity index (χ4n) is 3.45. The van der Waals surface area contributed by atoms with Crippen molar-refractivity contribution in [1.29, 1.82) is 0 Å². The first kappa shape index (κ1) is 20.8. The van der Waals surface area contributed by atoms with Gasteiger partial charge in [0, 0.05) is 22.8 Å². The number of aliphatic carboxylic acids is 1. The fraction of sp³-hybridized carbons (Fsp3) is 0.318. The van der Waals surface area contributed by atoms with Gasteiger partial charge < -0.3 is 20.0 Å². The predicted molar refractivity (Wildman–Crippen MR) is 110 cm³/mol. The molecule has 0 aliphatic heterocycles. The summed E-state index contributed by atoms with van der Waals surface area (Å²) in [6, 6.07) is 5.87. The lowest BCUT2D eigenvalue weighted by Gasteiger charge is -2.28. The monoisotopic (exact) mass is 412 g/mol. The maximum Gasteiger partial charge on any atom is 0.341 e. The van der Waals surface area contributed by atoms with Crippen LogP contribution in [0.25, 0.3) is 11.1 Å². The molecule has 152 valence electrons. The lowest BCUT2D eigenvalue weighted by Crippen LogP contribution is -2.41. The largest absolute Gasteiger partial charge is 0.550 e. The molecule has 0 unspecified atom stereocenters. The first-order valence-electron chi connectivity index (χ1n) is 9.27. The first-order valence-corrected chi connectivity index (χ1v) is 10.2. The van der Waals surface area contributed by atoms with Crippen molar-refractivity contribution in [3.63, 3.8) is 0 Å². The Morgan fingerprint density at radius 1 is 1.10 bits per heavy atom. The number of carboxylic acids is 1. The van der Waals surface area contributed by atoms with Crippen molar-refractivity contribution in [2.75, 3.05) is 12.4 Å². The van der Waals surface area contributed by atoms with Crippen molar-refractivity contribution >= 4 is 34.2 Å². The van der Waals surface area contributed by atoms with E-state index in [4.69, 9.17) is 4.74 Å². The summed E-state index contributed by atoms with van der Waals surface area (Å²) >= 11 is 1.21. The van der Waals surface area contributed by atoms with Gasteiger partial charge in [-0.05, 0) is 43.4 Å². The molecule has 0 saturated carbocycles. The molecule has 0 fully saturated rings. The highest BCUT2D eigenvalue weighted by Gasteiger charge is 2.31. The van der Waals surface area contributed by atoms with Gasteiger partial charge in [0.05, 0.1) is 13.0 Å². The molecule has 3 rings (SSSR count). The molecule has 1 N–H and O–H groups in total. The third-order valence-electron chi connectivity index (χ3n) is 5.31. The molecular formula is C22H22NO5S-. The van der Waals surface area contributed by atoms with E-state index in [2.05, 4.69) is 5.32 Å². The number of amides is 1. The number of carbonyl (C=O) groups excluding carboxylic acids is 3. The second kappa shape index (κ2) is 8.61. The number of carbonyl (C=O) groups is 3. The van der Waals surface area contributed by atoms with Crippen molar-refractivity contribution in [3.05, 3.63) is 52.4 Å². The lowest BCUT2D eigenvalue weighted by atomic mass is 9.82. The first-order chi connectivity index (χ1) is 13.8. The van der Waals surface area contributed by atoms with Crippen LogP contribution in [0, 0.1) is 25.7 Å². The van der Waals surface area contributed by atoms with Crippen LogP contribution in [0.3, 0.4) is 0 Å². The Hall–Kier alpha value is -2.93. The quantitative estimate of drug-likeness (QED) is 0.601. The Kier molecular flexibility index (Phi) is 6.17. The number of nitrogens with one attached hydrogen (secondary N) is 1. The Labute approximate surface area is 173 Å². The second-order valence-corrected chi connectivity index (χ2v) is 7.99. The zero-order chi connectivity index (χ0) is 21.1. The summed E-state index contributed by atoms with van der Waals surface area (Å²) < 4.78 is 4.94. The van der Waals surface area contributed by atoms with E-state index in [0.29, 0.717) is 17.0 Å². The van der Waals surface area contributed by atoms with Crippen LogP contribution in [-0.4, -0.2) is 25.0 Å². The molecule has 1 aliphatic carbocycles. The summed E-state index contributed by atoms with van der Waals surface area (Å²) in [5.41, 5.74) is 4.00. The zero-order valence-corrected chi connectivity index (χ0v) is 17.3. The molecule has 0 radical (unpaired) electrons. The number of benzene rings is 1. The number of anilines is 1. The predicted octanol–water partition coefficient (Wildman–Crippen LogP) is 3.09. The molecule has 7 heteroatoms. The summed E-state index contributed by atoms with van der Waals surface area (Å²) in [5, 5.41) is 16.3. The number of carboxylic acid groups (broad SMARTS) is 1. The third-order valence-corrected chi connectivity index (χ3v) is 6.20. The van der Waals surface area contributed by atoms with Gasteiger partial charge in [0.1, 0.15) is 10.6 Å². The summed E-state index contributed by atoms with van der Waals surface area (Å²) in [5.74, 6) is -3.88. The fourth-order valence-corrected chi connectivity index (χ4v) is 4.41. The van der Waals surface area contributed by atoms with Gasteiger partial charge >= 0.3 is 5.97 Å². The SMILES string of the molecule is COC(=O)c1c(-c2ccc(C)c(C)c2)csc1NC(=O)[C@@H]1CC=CC[C@@H]1C(=O)[O-]. The Morgan fingerprint density at radius 2 is 1.79 bits per heavy atom. The number of aryl methyl sites for hydroxylation is 2. The van der Waals surface area contributed by atoms with Crippen molar-refractivity contribution < 1.29 is 24.2 Å². The van der Waals surface area contributed by atoms with Gasteiger partial charge in [0.25, 0.3) is 0 Å². The van der Waals surface area contributed by atoms with Crippen LogP contribution in [0.2, 0.25) is 0 Å². The molecule has 0 spiro atoms. The highest BCUT2D eigenvalue weighted by molar-refractivity contribution is 7.15. The average Bonchev–Trinajstić information content (AvgIpc) is 3.12. The van der Waals surface area contributed by atoms with Crippen LogP contribution in [0.5, 0.6) is 0 Å². The topological polar surface area (TPSA) is 95.5 Å². The Bertz CT molecular complexity index is 991. The minimum atomic E-state index is -1.25. The van der Waals surface area contributed by atoms with E-state index in [9.17, 15) is 19.5 Å². The lowest BCUT2D eigenvalue weighted by molar-refractivity contribution is -0.313. The normalized spacial score (nSPS) is 18.3. The molecule has 2 aromatic rings. The van der Waals surface area contributed by atoms with Gasteiger partial charge in [0.15, 0.2) is 0 Å². The van der Waals surface area contributed by atoms with Crippen LogP contribution < -0.4 is 10.4 Å². The third kappa shape index (κ3) is 4.24. The number of esters is 1. The van der Waals surface area contributed by atoms with Gasteiger partial charge in [-0.15, -0.1) is 11.3 Å². The summed E-state index contributed by atoms with van der Waals surface area (Å²) in [7, 11) is 1.29. The van der Waals surface area contributed by atoms with Gasteiger partial charge in [0.2, 0.25) is 5.91 Å². The minimum absolute atomic E-state index is 0.253. The van der Waals surface area contributed by atoms with E-state index in [1.807, 2.05) is 32.0 Å². The summed E-state index contributed by atoms with van der Waals surface area (Å²) in [4.78, 5) is 36.7. The maximum atomic E-state index is 12.8. The molecule has 1 heterocycles. The standard InChI is InChI=1S/C22H23NO5S/c1-12-8-9-14(10-13(12)2)17-11-29-20(18(17)22(27)28-3)23-19(24)15-6-4-5-7-16(15)21(25)26/h4-5,8-11,15-16H,6-7H2,1-3H3,(H,23,24)(H,25,26)/p-1/t15-,16+/m1/s1. The molecule has 1 amide bonds. The highest BCUT2D eigenvalue weighted by atomic mass is 32.1. The molecule has 6 nitrogen and oxygen atoms in total. The van der Waals surface area contributed by atoms with E-state index in [0.717, 1.165) is 16.7 Å². The zero-order valence-electron chi connectivity index (χ0n) is 16.5. The molecule has 1 aromatic heterocycles. The van der Waals surface area contributed by atoms with Gasteiger partial charge in [-0.3, -0.25) is 4.79 Å². The number of ether oxygens (including phenoxy) is 1. The van der Waals surface area contributed by atoms with E-state index in [-0.39, 0.29) is 12.0 Å². The number of rotatable bonds is 5. The van der Waals surface area contributed by atoms with Crippen LogP contribution >= 0.6 is 11.3 Å². The summed E-state index contributed by atoms with van der Waals surface area (Å²) in [6.07, 6.45) is 4.10. The van der Waals surface area contributed by atoms with Crippen molar-refractivity contribution in [2.45, 2.75) is 26.7 Å². The highest BCUT2D eigenvalue weighted by Crippen LogP contribution is 2.38. The van der Waals surface area contributed by atoms with Gasteiger partial charge in [-0.2, -0.15) is 0 Å². The number of thiophene rings is 1. The summed E-state index contributed by atoms with van der Waals surface area (Å²) in [6.45, 7) is 3.99. The Balaban J connectivity index is 1.95. The van der Waals surface area contributed by atoms with Crippen LogP contribution in [0.4, 0.5) is 5.00 Å². The molecule has 1 aliphatic rings. The van der Waals surface area contributed by atoms with Crippen LogP contribution in [0.1, 0.15) is 34.3 Å². The second-order valence-electron chi connectivity index (χ2n) is 7.11. The Morgan fingerprint density at radius 3 is 2.41 bits per heavy atom. The van der Waals surface area contributed by atoms with E-state index in [1.54, 1.807) is 17.5 Å². The molecule has 1 aromatic carbocycles. The van der Waals surface area contributed by atoms with Crippen molar-refractivity contribution in [3.8, 4) is 11.1 Å². The molecule has 0 saturated heterocycles. The van der Waals surface area contributed by atoms with Crippen LogP contribution in [-0.2, 0) is 14.3 Å². The van der Waals surface area contributed by atoms with E-state index in [1.165, 1.54) is 18.4 Å². The number of allylic oxidation sites excluding steroid dienone is 2. The van der Waals surface area contributed by atoms with E-state index >= 15 is 0 Å². The number of hydrogen-bond donors (Lipinski definition) is 1. The number of hydrogen-bond acceptors (Lipinski definition) is 6. The minimum Gasteiger partial charge on any atom is -0.550 e. The van der Waals surface area contributed by atoms with Crippen LogP contribution in [0.15, 0.2) is 35.7 Å². The number of methoxy groups -OCH3 is 1. The van der Waals surface area contributed by atoms with Crippen molar-refractivity contribution in [1.82, 2.24) is 0 Å². The molecule has 29 heavy (non-hydrogen) atoms. The van der Waals surface area contributed by atoms with Crippen molar-refractivity contribution in [2.24, 2.45) is 11.8 Å². The maximum absolute atomic E-state index is 12.8. The average molecular weight is 412 g/mol.